The Hall–Kier alpha value is -2.08. The number of aliphatic hydroxyl groups excluding tert-OH is 1. The van der Waals surface area contributed by atoms with Crippen LogP contribution in [0.5, 0.6) is 5.75 Å². The first-order valence-electron chi connectivity index (χ1n) is 9.22. The quantitative estimate of drug-likeness (QED) is 0.180. The van der Waals surface area contributed by atoms with Gasteiger partial charge in [0.25, 0.3) is 5.09 Å². The second-order valence-electron chi connectivity index (χ2n) is 6.02. The molecule has 11 heteroatoms. The Morgan fingerprint density at radius 1 is 1.28 bits per heavy atom. The van der Waals surface area contributed by atoms with E-state index < -0.39 is 11.2 Å². The number of hydrogen-bond acceptors (Lipinski definition) is 9. The van der Waals surface area contributed by atoms with Crippen molar-refractivity contribution in [2.75, 3.05) is 58.1 Å². The summed E-state index contributed by atoms with van der Waals surface area (Å²) in [5.74, 6) is 1.12. The molecule has 3 N–H and O–H groups in total. The normalized spacial score (nSPS) is 11.7. The fourth-order valence-electron chi connectivity index (χ4n) is 2.17. The lowest BCUT2D eigenvalue weighted by molar-refractivity contribution is -0.756. The Bertz CT molecular complexity index is 589. The molecule has 0 aliphatic heterocycles. The third kappa shape index (κ3) is 13.7. The zero-order valence-corrected chi connectivity index (χ0v) is 17.3. The van der Waals surface area contributed by atoms with Gasteiger partial charge in [-0.2, -0.15) is 11.8 Å². The maximum absolute atomic E-state index is 11.6. The Morgan fingerprint density at radius 2 is 2.03 bits per heavy atom. The van der Waals surface area contributed by atoms with E-state index in [0.717, 1.165) is 12.0 Å². The molecule has 164 valence electrons. The smallest absolute Gasteiger partial charge is 0.294 e. The van der Waals surface area contributed by atoms with E-state index in [0.29, 0.717) is 37.7 Å². The number of thioether (sulfide) groups is 1. The fourth-order valence-corrected chi connectivity index (χ4v) is 2.79. The summed E-state index contributed by atoms with van der Waals surface area (Å²) in [6.07, 6.45) is 0.171. The summed E-state index contributed by atoms with van der Waals surface area (Å²) in [5.41, 5.74) is 1.16. The molecule has 0 bridgehead atoms. The highest BCUT2D eigenvalue weighted by molar-refractivity contribution is 7.99. The van der Waals surface area contributed by atoms with Crippen LogP contribution in [0.4, 0.5) is 0 Å². The van der Waals surface area contributed by atoms with Crippen molar-refractivity contribution < 1.29 is 29.3 Å². The van der Waals surface area contributed by atoms with Crippen molar-refractivity contribution in [3.63, 3.8) is 0 Å². The molecule has 1 amide bonds. The number of carbonyl (C=O) groups excluding carboxylic acids is 1. The van der Waals surface area contributed by atoms with Crippen LogP contribution in [0.2, 0.25) is 0 Å². The minimum Gasteiger partial charge on any atom is -0.491 e. The van der Waals surface area contributed by atoms with Crippen LogP contribution >= 0.6 is 11.8 Å². The number of ether oxygens (including phenoxy) is 2. The van der Waals surface area contributed by atoms with Crippen LogP contribution < -0.4 is 15.4 Å². The number of rotatable bonds is 17. The standard InChI is InChI=1S/C18H29N3O7S/c1-26-9-6-15-2-4-17(5-3-15)27-13-16(22)12-19-7-8-20-18(23)14-29-11-10-28-21(24)25/h2-5,16,19,22H,6-14H2,1H3,(H,20,23). The molecule has 0 aliphatic rings. The largest absolute Gasteiger partial charge is 0.491 e. The van der Waals surface area contributed by atoms with Gasteiger partial charge in [-0.3, -0.25) is 4.79 Å². The van der Waals surface area contributed by atoms with Gasteiger partial charge in [-0.25, -0.2) is 0 Å². The number of nitrogens with one attached hydrogen (secondary N) is 2. The van der Waals surface area contributed by atoms with E-state index in [1.165, 1.54) is 11.8 Å². The summed E-state index contributed by atoms with van der Waals surface area (Å²) in [6.45, 7) is 2.06. The predicted octanol–water partition coefficient (Wildman–Crippen LogP) is 0.263. The second kappa shape index (κ2) is 15.8. The van der Waals surface area contributed by atoms with Gasteiger partial charge in [0.2, 0.25) is 5.91 Å². The molecule has 10 nitrogen and oxygen atoms in total. The van der Waals surface area contributed by atoms with E-state index in [2.05, 4.69) is 15.5 Å². The molecule has 0 radical (unpaired) electrons. The van der Waals surface area contributed by atoms with Crippen LogP contribution in [0.15, 0.2) is 24.3 Å². The van der Waals surface area contributed by atoms with Crippen molar-refractivity contribution >= 4 is 17.7 Å². The van der Waals surface area contributed by atoms with Crippen molar-refractivity contribution in [2.45, 2.75) is 12.5 Å². The van der Waals surface area contributed by atoms with E-state index >= 15 is 0 Å². The maximum atomic E-state index is 11.6. The maximum Gasteiger partial charge on any atom is 0.294 e. The Labute approximate surface area is 174 Å². The van der Waals surface area contributed by atoms with Gasteiger partial charge in [0.1, 0.15) is 25.1 Å². The number of amides is 1. The second-order valence-corrected chi connectivity index (χ2v) is 7.12. The predicted molar refractivity (Wildman–Crippen MR) is 110 cm³/mol. The van der Waals surface area contributed by atoms with Gasteiger partial charge in [0, 0.05) is 32.5 Å². The van der Waals surface area contributed by atoms with Crippen molar-refractivity contribution in [1.29, 1.82) is 0 Å². The van der Waals surface area contributed by atoms with Gasteiger partial charge < -0.3 is 30.1 Å². The minimum atomic E-state index is -0.855. The summed E-state index contributed by atoms with van der Waals surface area (Å²) in [4.78, 5) is 25.7. The fraction of sp³-hybridized carbons (Fsp3) is 0.611. The van der Waals surface area contributed by atoms with Crippen LogP contribution in [-0.4, -0.2) is 80.3 Å². The third-order valence-electron chi connectivity index (χ3n) is 3.62. The molecule has 0 heterocycles. The van der Waals surface area contributed by atoms with E-state index in [9.17, 15) is 20.0 Å². The lowest BCUT2D eigenvalue weighted by Gasteiger charge is -2.14. The van der Waals surface area contributed by atoms with Crippen LogP contribution in [0.25, 0.3) is 0 Å². The van der Waals surface area contributed by atoms with Gasteiger partial charge in [0.05, 0.1) is 12.4 Å². The van der Waals surface area contributed by atoms with Crippen LogP contribution in [0.1, 0.15) is 5.56 Å². The van der Waals surface area contributed by atoms with Gasteiger partial charge in [-0.1, -0.05) is 12.1 Å². The van der Waals surface area contributed by atoms with Crippen LogP contribution in [-0.2, 0) is 20.8 Å². The number of methoxy groups -OCH3 is 1. The summed E-state index contributed by atoms with van der Waals surface area (Å²) >= 11 is 1.26. The summed E-state index contributed by atoms with van der Waals surface area (Å²) in [5, 5.41) is 24.8. The summed E-state index contributed by atoms with van der Waals surface area (Å²) in [7, 11) is 1.67. The lowest BCUT2D eigenvalue weighted by Crippen LogP contribution is -2.37. The van der Waals surface area contributed by atoms with Crippen LogP contribution in [0, 0.1) is 10.1 Å². The monoisotopic (exact) mass is 431 g/mol. The molecule has 0 fully saturated rings. The number of carbonyl (C=O) groups is 1. The molecule has 1 unspecified atom stereocenters. The molecular formula is C18H29N3O7S. The summed E-state index contributed by atoms with van der Waals surface area (Å²) in [6, 6.07) is 7.66. The number of benzene rings is 1. The molecule has 1 aromatic rings. The first-order chi connectivity index (χ1) is 14.0. The minimum absolute atomic E-state index is 0.0373. The van der Waals surface area contributed by atoms with E-state index in [4.69, 9.17) is 9.47 Å². The highest BCUT2D eigenvalue weighted by atomic mass is 32.2. The molecule has 29 heavy (non-hydrogen) atoms. The van der Waals surface area contributed by atoms with Gasteiger partial charge in [-0.05, 0) is 24.1 Å². The van der Waals surface area contributed by atoms with Crippen molar-refractivity contribution in [3.05, 3.63) is 39.9 Å². The van der Waals surface area contributed by atoms with E-state index in [1.807, 2.05) is 24.3 Å². The van der Waals surface area contributed by atoms with Gasteiger partial charge in [-0.15, -0.1) is 10.1 Å². The van der Waals surface area contributed by atoms with Crippen LogP contribution in [0.3, 0.4) is 0 Å². The van der Waals surface area contributed by atoms with Crippen molar-refractivity contribution in [2.24, 2.45) is 0 Å². The first-order valence-corrected chi connectivity index (χ1v) is 10.4. The molecule has 0 aliphatic carbocycles. The average Bonchev–Trinajstić information content (AvgIpc) is 2.70. The zero-order chi connectivity index (χ0) is 21.3. The number of hydrogen-bond donors (Lipinski definition) is 3. The lowest BCUT2D eigenvalue weighted by atomic mass is 10.1. The molecule has 0 aromatic heterocycles. The Balaban J connectivity index is 2.01. The first kappa shape index (κ1) is 25.0. The van der Waals surface area contributed by atoms with Gasteiger partial charge >= 0.3 is 0 Å². The number of nitrogens with zero attached hydrogens (tertiary/aromatic N) is 1. The SMILES string of the molecule is COCCc1ccc(OCC(O)CNCCNC(=O)CSCCO[N+](=O)[O-])cc1. The van der Waals surface area contributed by atoms with E-state index in [-0.39, 0.29) is 24.9 Å². The third-order valence-corrected chi connectivity index (χ3v) is 4.54. The molecule has 1 atom stereocenters. The van der Waals surface area contributed by atoms with Crippen molar-refractivity contribution in [1.82, 2.24) is 10.6 Å². The molecule has 0 saturated carbocycles. The van der Waals surface area contributed by atoms with E-state index in [1.54, 1.807) is 7.11 Å². The highest BCUT2D eigenvalue weighted by Crippen LogP contribution is 2.12. The Kier molecular flexibility index (Phi) is 13.6. The summed E-state index contributed by atoms with van der Waals surface area (Å²) < 4.78 is 10.6. The molecule has 1 aromatic carbocycles. The molecule has 0 spiro atoms. The van der Waals surface area contributed by atoms with Crippen molar-refractivity contribution in [3.8, 4) is 5.75 Å². The highest BCUT2D eigenvalue weighted by Gasteiger charge is 2.06. The zero-order valence-electron chi connectivity index (χ0n) is 16.5. The van der Waals surface area contributed by atoms with Gasteiger partial charge in [0.15, 0.2) is 0 Å². The number of aliphatic hydroxyl groups is 1. The Morgan fingerprint density at radius 3 is 2.72 bits per heavy atom. The molecule has 1 rings (SSSR count). The molecular weight excluding hydrogens is 402 g/mol. The topological polar surface area (TPSA) is 132 Å². The molecule has 0 saturated heterocycles. The average molecular weight is 432 g/mol.